The number of hydrogen-bond donors (Lipinski definition) is 0. The molecule has 0 saturated carbocycles. The summed E-state index contributed by atoms with van der Waals surface area (Å²) in [6, 6.07) is 8.66. The smallest absolute Gasteiger partial charge is 0.272 e. The van der Waals surface area contributed by atoms with Gasteiger partial charge in [0.25, 0.3) is 11.8 Å². The number of benzene rings is 1. The molecule has 9 heteroatoms. The van der Waals surface area contributed by atoms with Crippen molar-refractivity contribution < 1.29 is 9.59 Å². The molecule has 1 atom stereocenters. The van der Waals surface area contributed by atoms with Crippen LogP contribution in [0.2, 0.25) is 10.0 Å². The largest absolute Gasteiger partial charge is 0.331 e. The lowest BCUT2D eigenvalue weighted by molar-refractivity contribution is 0.0637. The van der Waals surface area contributed by atoms with Crippen molar-refractivity contribution in [2.75, 3.05) is 6.54 Å². The molecule has 2 aromatic heterocycles. The average Bonchev–Trinajstić information content (AvgIpc) is 3.15. The van der Waals surface area contributed by atoms with E-state index in [9.17, 15) is 9.59 Å². The number of hydrogen-bond acceptors (Lipinski definition) is 4. The summed E-state index contributed by atoms with van der Waals surface area (Å²) < 4.78 is 1.80. The minimum Gasteiger partial charge on any atom is -0.331 e. The molecule has 7 nitrogen and oxygen atoms in total. The number of aromatic nitrogens is 3. The molecule has 3 aromatic rings. The van der Waals surface area contributed by atoms with Crippen molar-refractivity contribution in [1.29, 1.82) is 0 Å². The summed E-state index contributed by atoms with van der Waals surface area (Å²) in [5.74, 6) is -0.197. The second kappa shape index (κ2) is 8.22. The summed E-state index contributed by atoms with van der Waals surface area (Å²) in [6.45, 7) is 4.07. The average molecular weight is 470 g/mol. The number of carbonyl (C=O) groups is 2. The molecule has 0 bridgehead atoms. The fraction of sp³-hybridized carbons (Fsp3) is 0.304. The van der Waals surface area contributed by atoms with Crippen molar-refractivity contribution >= 4 is 35.0 Å². The lowest BCUT2D eigenvalue weighted by atomic mass is 9.97. The summed E-state index contributed by atoms with van der Waals surface area (Å²) in [5.41, 5.74) is 3.81. The van der Waals surface area contributed by atoms with Gasteiger partial charge in [-0.25, -0.2) is 0 Å². The highest BCUT2D eigenvalue weighted by molar-refractivity contribution is 6.42. The molecule has 32 heavy (non-hydrogen) atoms. The van der Waals surface area contributed by atoms with Gasteiger partial charge in [-0.2, -0.15) is 5.10 Å². The van der Waals surface area contributed by atoms with Crippen molar-refractivity contribution in [2.45, 2.75) is 39.0 Å². The second-order valence-electron chi connectivity index (χ2n) is 8.19. The highest BCUT2D eigenvalue weighted by atomic mass is 35.5. The molecule has 4 heterocycles. The Kier molecular flexibility index (Phi) is 5.39. The summed E-state index contributed by atoms with van der Waals surface area (Å²) in [4.78, 5) is 34.3. The Morgan fingerprint density at radius 2 is 1.91 bits per heavy atom. The van der Waals surface area contributed by atoms with Crippen LogP contribution in [0.25, 0.3) is 0 Å². The molecule has 1 aromatic carbocycles. The first-order chi connectivity index (χ1) is 15.4. The summed E-state index contributed by atoms with van der Waals surface area (Å²) >= 11 is 12.1. The van der Waals surface area contributed by atoms with Gasteiger partial charge >= 0.3 is 0 Å². The van der Waals surface area contributed by atoms with E-state index in [1.165, 1.54) is 0 Å². The van der Waals surface area contributed by atoms with Crippen LogP contribution in [0.4, 0.5) is 0 Å². The Hall–Kier alpha value is -2.90. The molecule has 5 rings (SSSR count). The number of nitrogens with zero attached hydrogens (tertiary/aromatic N) is 5. The number of carbonyl (C=O) groups excluding carboxylic acids is 2. The van der Waals surface area contributed by atoms with Gasteiger partial charge in [-0.1, -0.05) is 23.2 Å². The third-order valence-corrected chi connectivity index (χ3v) is 6.84. The first-order valence-corrected chi connectivity index (χ1v) is 11.2. The van der Waals surface area contributed by atoms with Crippen LogP contribution in [-0.2, 0) is 26.1 Å². The molecule has 0 N–H and O–H groups in total. The van der Waals surface area contributed by atoms with Crippen LogP contribution < -0.4 is 0 Å². The van der Waals surface area contributed by atoms with Crippen LogP contribution in [-0.4, -0.2) is 49.0 Å². The maximum atomic E-state index is 13.4. The minimum absolute atomic E-state index is 0.0515. The molecule has 2 aliphatic rings. The molecule has 2 amide bonds. The third kappa shape index (κ3) is 3.65. The van der Waals surface area contributed by atoms with E-state index in [0.29, 0.717) is 53.9 Å². The van der Waals surface area contributed by atoms with E-state index in [0.717, 1.165) is 16.8 Å². The minimum atomic E-state index is -0.140. The van der Waals surface area contributed by atoms with Crippen LogP contribution in [0.15, 0.2) is 42.7 Å². The van der Waals surface area contributed by atoms with Gasteiger partial charge in [-0.05, 0) is 42.8 Å². The van der Waals surface area contributed by atoms with E-state index >= 15 is 0 Å². The first kappa shape index (κ1) is 21.0. The normalized spacial score (nSPS) is 17.8. The van der Waals surface area contributed by atoms with Gasteiger partial charge in [0.2, 0.25) is 0 Å². The van der Waals surface area contributed by atoms with Crippen molar-refractivity contribution in [3.8, 4) is 0 Å². The van der Waals surface area contributed by atoms with Gasteiger partial charge in [-0.3, -0.25) is 19.3 Å². The topological polar surface area (TPSA) is 71.3 Å². The van der Waals surface area contributed by atoms with E-state index in [2.05, 4.69) is 4.98 Å². The van der Waals surface area contributed by atoms with Crippen LogP contribution in [0.5, 0.6) is 0 Å². The maximum Gasteiger partial charge on any atom is 0.272 e. The van der Waals surface area contributed by atoms with Gasteiger partial charge in [0.05, 0.1) is 28.8 Å². The fourth-order valence-electron chi connectivity index (χ4n) is 4.39. The zero-order valence-electron chi connectivity index (χ0n) is 17.5. The van der Waals surface area contributed by atoms with Crippen LogP contribution in [0, 0.1) is 0 Å². The van der Waals surface area contributed by atoms with Gasteiger partial charge in [0.1, 0.15) is 5.69 Å². The Bertz CT molecular complexity index is 1210. The Morgan fingerprint density at radius 3 is 2.66 bits per heavy atom. The standard InChI is InChI=1S/C23H21Cl2N5O2/c1-14-10-20-17(13-29(14)22(31)16-2-3-18(24)19(25)11-16)21-23(32)28(8-9-30(21)27-20)12-15-4-6-26-7-5-15/h2-7,11,14H,8-10,12-13H2,1H3/t14-/m1/s1. The molecule has 0 fully saturated rings. The maximum absolute atomic E-state index is 13.4. The second-order valence-corrected chi connectivity index (χ2v) is 9.01. The SMILES string of the molecule is C[C@@H]1Cc2nn3c(c2CN1C(=O)c1ccc(Cl)c(Cl)c1)C(=O)N(Cc1ccncc1)CC3. The molecule has 0 aliphatic carbocycles. The van der Waals surface area contributed by atoms with Gasteiger partial charge in [-0.15, -0.1) is 0 Å². The van der Waals surface area contributed by atoms with Gasteiger partial charge < -0.3 is 9.80 Å². The van der Waals surface area contributed by atoms with E-state index in [-0.39, 0.29) is 17.9 Å². The van der Waals surface area contributed by atoms with Gasteiger partial charge in [0, 0.05) is 49.1 Å². The summed E-state index contributed by atoms with van der Waals surface area (Å²) in [7, 11) is 0. The third-order valence-electron chi connectivity index (χ3n) is 6.10. The zero-order valence-corrected chi connectivity index (χ0v) is 19.0. The zero-order chi connectivity index (χ0) is 22.4. The van der Waals surface area contributed by atoms with E-state index in [1.807, 2.05) is 24.0 Å². The molecule has 0 radical (unpaired) electrons. The highest BCUT2D eigenvalue weighted by Gasteiger charge is 2.37. The number of rotatable bonds is 3. The molecule has 2 aliphatic heterocycles. The summed E-state index contributed by atoms with van der Waals surface area (Å²) in [6.07, 6.45) is 4.05. The van der Waals surface area contributed by atoms with Gasteiger partial charge in [0.15, 0.2) is 0 Å². The predicted octanol–water partition coefficient (Wildman–Crippen LogP) is 3.83. The number of pyridine rings is 1. The van der Waals surface area contributed by atoms with Crippen LogP contribution >= 0.6 is 23.2 Å². The Balaban J connectivity index is 1.43. The Labute approximate surface area is 195 Å². The number of fused-ring (bicyclic) bond motifs is 3. The van der Waals surface area contributed by atoms with E-state index in [4.69, 9.17) is 28.3 Å². The lowest BCUT2D eigenvalue weighted by Gasteiger charge is -2.34. The molecule has 0 unspecified atom stereocenters. The van der Waals surface area contributed by atoms with Crippen molar-refractivity contribution in [1.82, 2.24) is 24.6 Å². The first-order valence-electron chi connectivity index (χ1n) is 10.4. The molecule has 0 saturated heterocycles. The Morgan fingerprint density at radius 1 is 1.12 bits per heavy atom. The quantitative estimate of drug-likeness (QED) is 0.584. The molecular formula is C23H21Cl2N5O2. The monoisotopic (exact) mass is 469 g/mol. The van der Waals surface area contributed by atoms with E-state index in [1.54, 1.807) is 40.2 Å². The van der Waals surface area contributed by atoms with Crippen molar-refractivity contribution in [3.63, 3.8) is 0 Å². The molecular weight excluding hydrogens is 449 g/mol. The molecule has 164 valence electrons. The highest BCUT2D eigenvalue weighted by Crippen LogP contribution is 2.31. The lowest BCUT2D eigenvalue weighted by Crippen LogP contribution is -2.44. The summed E-state index contributed by atoms with van der Waals surface area (Å²) in [5, 5.41) is 5.45. The molecule has 0 spiro atoms. The van der Waals surface area contributed by atoms with E-state index < -0.39 is 0 Å². The van der Waals surface area contributed by atoms with Crippen molar-refractivity contribution in [3.05, 3.63) is 80.8 Å². The predicted molar refractivity (Wildman–Crippen MR) is 121 cm³/mol. The number of amides is 2. The van der Waals surface area contributed by atoms with Crippen LogP contribution in [0.1, 0.15) is 44.6 Å². The number of halogens is 2. The van der Waals surface area contributed by atoms with Crippen molar-refractivity contribution in [2.24, 2.45) is 0 Å². The fourth-order valence-corrected chi connectivity index (χ4v) is 4.69. The van der Waals surface area contributed by atoms with Crippen LogP contribution in [0.3, 0.4) is 0 Å².